The van der Waals surface area contributed by atoms with E-state index >= 15 is 0 Å². The van der Waals surface area contributed by atoms with E-state index in [2.05, 4.69) is 32.7 Å². The third-order valence-corrected chi connectivity index (χ3v) is 4.37. The van der Waals surface area contributed by atoms with Crippen molar-refractivity contribution in [3.8, 4) is 5.69 Å². The first-order chi connectivity index (χ1) is 8.99. The van der Waals surface area contributed by atoms with Crippen molar-refractivity contribution in [2.75, 3.05) is 0 Å². The maximum atomic E-state index is 6.01. The minimum absolute atomic E-state index is 0.659. The lowest BCUT2D eigenvalue weighted by Crippen LogP contribution is -2.02. The smallest absolute Gasteiger partial charge is 0.184 e. The van der Waals surface area contributed by atoms with Crippen LogP contribution in [0.1, 0.15) is 5.69 Å². The fourth-order valence-corrected chi connectivity index (χ4v) is 3.59. The molecular weight excluding hydrogens is 395 g/mol. The number of imidazole rings is 1. The molecule has 0 amide bonds. The van der Waals surface area contributed by atoms with E-state index in [4.69, 9.17) is 23.8 Å². The molecule has 0 aliphatic rings. The second-order valence-corrected chi connectivity index (χ2v) is 6.25. The molecular formula is C12H10ClIN4S. The molecule has 1 N–H and O–H groups in total. The number of H-pyrrole nitrogens is 1. The molecule has 3 rings (SSSR count). The Labute approximate surface area is 133 Å². The van der Waals surface area contributed by atoms with Crippen molar-refractivity contribution in [1.29, 1.82) is 0 Å². The van der Waals surface area contributed by atoms with Crippen LogP contribution in [-0.4, -0.2) is 19.3 Å². The van der Waals surface area contributed by atoms with Crippen molar-refractivity contribution in [3.05, 3.63) is 37.3 Å². The Morgan fingerprint density at radius 2 is 2.16 bits per heavy atom. The van der Waals surface area contributed by atoms with Crippen LogP contribution in [0.3, 0.4) is 0 Å². The number of fused-ring (bicyclic) bond motifs is 1. The zero-order valence-electron chi connectivity index (χ0n) is 10.2. The maximum Gasteiger partial charge on any atom is 0.184 e. The largest absolute Gasteiger partial charge is 0.327 e. The van der Waals surface area contributed by atoms with E-state index < -0.39 is 0 Å². The third kappa shape index (κ3) is 2.02. The first-order valence-corrected chi connectivity index (χ1v) is 7.45. The molecule has 2 aromatic heterocycles. The number of hydrogen-bond donors (Lipinski definition) is 1. The molecule has 2 heterocycles. The molecule has 0 fully saturated rings. The van der Waals surface area contributed by atoms with Crippen molar-refractivity contribution in [2.45, 2.75) is 6.92 Å². The number of hydrogen-bond acceptors (Lipinski definition) is 2. The highest BCUT2D eigenvalue weighted by Gasteiger charge is 2.15. The summed E-state index contributed by atoms with van der Waals surface area (Å²) in [4.78, 5) is 3.21. The Morgan fingerprint density at radius 3 is 2.84 bits per heavy atom. The van der Waals surface area contributed by atoms with Crippen LogP contribution < -0.4 is 0 Å². The first-order valence-electron chi connectivity index (χ1n) is 5.59. The SMILES string of the molecule is Cc1nn(C)c2c1[nH]c(=S)n2-c1ccc(Cl)cc1I. The summed E-state index contributed by atoms with van der Waals surface area (Å²) in [5, 5.41) is 5.13. The van der Waals surface area contributed by atoms with Crippen molar-refractivity contribution >= 4 is 57.6 Å². The Kier molecular flexibility index (Phi) is 3.18. The van der Waals surface area contributed by atoms with Gasteiger partial charge in [0, 0.05) is 15.6 Å². The lowest BCUT2D eigenvalue weighted by molar-refractivity contribution is 0.759. The van der Waals surface area contributed by atoms with Crippen molar-refractivity contribution in [1.82, 2.24) is 19.3 Å². The number of halogens is 2. The highest BCUT2D eigenvalue weighted by atomic mass is 127. The highest BCUT2D eigenvalue weighted by Crippen LogP contribution is 2.26. The van der Waals surface area contributed by atoms with Crippen LogP contribution in [0.4, 0.5) is 0 Å². The predicted molar refractivity (Wildman–Crippen MR) is 87.7 cm³/mol. The van der Waals surface area contributed by atoms with E-state index in [1.165, 1.54) is 0 Å². The number of nitrogens with zero attached hydrogens (tertiary/aromatic N) is 3. The minimum atomic E-state index is 0.659. The fraction of sp³-hybridized carbons (Fsp3) is 0.167. The van der Waals surface area contributed by atoms with Crippen LogP contribution in [0.15, 0.2) is 18.2 Å². The van der Waals surface area contributed by atoms with E-state index in [1.54, 1.807) is 0 Å². The first kappa shape index (κ1) is 13.1. The molecule has 0 unspecified atom stereocenters. The second kappa shape index (κ2) is 4.60. The van der Waals surface area contributed by atoms with Gasteiger partial charge < -0.3 is 4.98 Å². The van der Waals surface area contributed by atoms with E-state index in [9.17, 15) is 0 Å². The molecule has 19 heavy (non-hydrogen) atoms. The van der Waals surface area contributed by atoms with Crippen LogP contribution in [0, 0.1) is 15.3 Å². The summed E-state index contributed by atoms with van der Waals surface area (Å²) < 4.78 is 5.53. The quantitative estimate of drug-likeness (QED) is 0.492. The minimum Gasteiger partial charge on any atom is -0.327 e. The number of aromatic amines is 1. The number of rotatable bonds is 1. The monoisotopic (exact) mass is 404 g/mol. The summed E-state index contributed by atoms with van der Waals surface area (Å²) in [6.45, 7) is 1.96. The Hall–Kier alpha value is -0.860. The molecule has 3 aromatic rings. The number of aryl methyl sites for hydroxylation is 2. The van der Waals surface area contributed by atoms with Gasteiger partial charge in [0.05, 0.1) is 11.4 Å². The third-order valence-electron chi connectivity index (χ3n) is 2.99. The van der Waals surface area contributed by atoms with Crippen LogP contribution in [0.25, 0.3) is 16.9 Å². The van der Waals surface area contributed by atoms with Crippen molar-refractivity contribution in [2.24, 2.45) is 7.05 Å². The van der Waals surface area contributed by atoms with Gasteiger partial charge in [-0.15, -0.1) is 0 Å². The molecule has 0 aliphatic heterocycles. The molecule has 0 saturated heterocycles. The summed E-state index contributed by atoms with van der Waals surface area (Å²) in [6, 6.07) is 5.75. The molecule has 0 radical (unpaired) electrons. The summed E-state index contributed by atoms with van der Waals surface area (Å²) in [5.74, 6) is 0. The summed E-state index contributed by atoms with van der Waals surface area (Å²) >= 11 is 13.7. The van der Waals surface area contributed by atoms with Gasteiger partial charge in [-0.2, -0.15) is 5.10 Å². The van der Waals surface area contributed by atoms with E-state index in [0.717, 1.165) is 26.1 Å². The van der Waals surface area contributed by atoms with Gasteiger partial charge in [-0.05, 0) is 59.9 Å². The van der Waals surface area contributed by atoms with Crippen molar-refractivity contribution in [3.63, 3.8) is 0 Å². The van der Waals surface area contributed by atoms with Gasteiger partial charge in [0.25, 0.3) is 0 Å². The number of aromatic nitrogens is 4. The molecule has 0 spiro atoms. The Bertz CT molecular complexity index is 845. The molecule has 98 valence electrons. The average molecular weight is 405 g/mol. The molecule has 4 nitrogen and oxygen atoms in total. The van der Waals surface area contributed by atoms with Gasteiger partial charge in [0.1, 0.15) is 5.52 Å². The van der Waals surface area contributed by atoms with Crippen molar-refractivity contribution < 1.29 is 0 Å². The fourth-order valence-electron chi connectivity index (χ4n) is 2.19. The van der Waals surface area contributed by atoms with Crippen LogP contribution >= 0.6 is 46.4 Å². The lowest BCUT2D eigenvalue weighted by atomic mass is 10.3. The summed E-state index contributed by atoms with van der Waals surface area (Å²) in [7, 11) is 1.91. The van der Waals surface area contributed by atoms with Gasteiger partial charge in [-0.3, -0.25) is 4.57 Å². The van der Waals surface area contributed by atoms with E-state index in [0.29, 0.717) is 9.79 Å². The van der Waals surface area contributed by atoms with Gasteiger partial charge in [0.2, 0.25) is 0 Å². The Balaban J connectivity index is 2.42. The lowest BCUT2D eigenvalue weighted by Gasteiger charge is -2.07. The molecule has 0 saturated carbocycles. The van der Waals surface area contributed by atoms with E-state index in [1.807, 2.05) is 41.4 Å². The average Bonchev–Trinajstić information content (AvgIpc) is 2.79. The van der Waals surface area contributed by atoms with Crippen LogP contribution in [0.2, 0.25) is 5.02 Å². The topological polar surface area (TPSA) is 38.5 Å². The van der Waals surface area contributed by atoms with Gasteiger partial charge in [0.15, 0.2) is 10.4 Å². The van der Waals surface area contributed by atoms with Crippen LogP contribution in [-0.2, 0) is 7.05 Å². The van der Waals surface area contributed by atoms with Crippen LogP contribution in [0.5, 0.6) is 0 Å². The molecule has 0 aliphatic carbocycles. The summed E-state index contributed by atoms with van der Waals surface area (Å²) in [6.07, 6.45) is 0. The maximum absolute atomic E-state index is 6.01. The molecule has 1 aromatic carbocycles. The van der Waals surface area contributed by atoms with Gasteiger partial charge >= 0.3 is 0 Å². The predicted octanol–water partition coefficient (Wildman–Crippen LogP) is 3.99. The zero-order chi connectivity index (χ0) is 13.7. The molecule has 0 atom stereocenters. The normalized spacial score (nSPS) is 11.4. The molecule has 7 heteroatoms. The standard InChI is InChI=1S/C12H10ClIN4S/c1-6-10-11(17(2)16-6)18(12(19)15-10)9-4-3-7(13)5-8(9)14/h3-5H,1-2H3,(H,15,19). The Morgan fingerprint density at radius 1 is 1.42 bits per heavy atom. The molecule has 0 bridgehead atoms. The van der Waals surface area contributed by atoms with Gasteiger partial charge in [-0.1, -0.05) is 11.6 Å². The highest BCUT2D eigenvalue weighted by molar-refractivity contribution is 14.1. The summed E-state index contributed by atoms with van der Waals surface area (Å²) in [5.41, 5.74) is 3.87. The van der Waals surface area contributed by atoms with Gasteiger partial charge in [-0.25, -0.2) is 4.68 Å². The number of benzene rings is 1. The zero-order valence-corrected chi connectivity index (χ0v) is 14.0. The number of nitrogens with one attached hydrogen (secondary N) is 1. The van der Waals surface area contributed by atoms with E-state index in [-0.39, 0.29) is 0 Å². The second-order valence-electron chi connectivity index (χ2n) is 4.27.